The Morgan fingerprint density at radius 1 is 1.44 bits per heavy atom. The fraction of sp³-hybridized carbons (Fsp3) is 0.632. The van der Waals surface area contributed by atoms with Crippen LogP contribution in [0.5, 0.6) is 0 Å². The third-order valence-corrected chi connectivity index (χ3v) is 6.31. The maximum absolute atomic E-state index is 13.2. The Morgan fingerprint density at radius 3 is 2.84 bits per heavy atom. The first kappa shape index (κ1) is 18.1. The van der Waals surface area contributed by atoms with Crippen LogP contribution in [-0.4, -0.2) is 21.6 Å². The zero-order valence-corrected chi connectivity index (χ0v) is 16.4. The molecule has 0 N–H and O–H groups in total. The third-order valence-electron chi connectivity index (χ3n) is 5.16. The van der Waals surface area contributed by atoms with Crippen LogP contribution in [0.1, 0.15) is 62.8 Å². The predicted molar refractivity (Wildman–Crippen MR) is 100 cm³/mol. The molecule has 0 bridgehead atoms. The van der Waals surface area contributed by atoms with E-state index in [4.69, 9.17) is 4.74 Å². The maximum atomic E-state index is 13.2. The van der Waals surface area contributed by atoms with Crippen molar-refractivity contribution in [3.63, 3.8) is 0 Å². The summed E-state index contributed by atoms with van der Waals surface area (Å²) < 4.78 is 6.92. The average Bonchev–Trinajstić information content (AvgIpc) is 2.91. The van der Waals surface area contributed by atoms with Crippen molar-refractivity contribution in [1.82, 2.24) is 9.55 Å². The van der Waals surface area contributed by atoms with Crippen molar-refractivity contribution in [2.45, 2.75) is 72.4 Å². The molecular weight excluding hydrogens is 336 g/mol. The Kier molecular flexibility index (Phi) is 5.00. The van der Waals surface area contributed by atoms with E-state index < -0.39 is 6.04 Å². The smallest absolute Gasteiger partial charge is 0.329 e. The first-order valence-electron chi connectivity index (χ1n) is 9.07. The highest BCUT2D eigenvalue weighted by molar-refractivity contribution is 7.18. The second-order valence-corrected chi connectivity index (χ2v) is 8.28. The van der Waals surface area contributed by atoms with E-state index in [0.29, 0.717) is 17.1 Å². The van der Waals surface area contributed by atoms with E-state index in [2.05, 4.69) is 11.9 Å². The lowest BCUT2D eigenvalue weighted by atomic mass is 9.89. The highest BCUT2D eigenvalue weighted by Gasteiger charge is 2.27. The highest BCUT2D eigenvalue weighted by Crippen LogP contribution is 2.36. The number of thiophene rings is 1. The van der Waals surface area contributed by atoms with Crippen molar-refractivity contribution in [1.29, 1.82) is 0 Å². The summed E-state index contributed by atoms with van der Waals surface area (Å²) >= 11 is 1.63. The first-order valence-corrected chi connectivity index (χ1v) is 9.89. The fourth-order valence-electron chi connectivity index (χ4n) is 3.45. The summed E-state index contributed by atoms with van der Waals surface area (Å²) in [5.41, 5.74) is 1.04. The predicted octanol–water partition coefficient (Wildman–Crippen LogP) is 3.79. The number of aryl methyl sites for hydroxylation is 2. The number of nitrogens with zero attached hydrogens (tertiary/aromatic N) is 2. The molecule has 2 aromatic heterocycles. The third kappa shape index (κ3) is 3.24. The van der Waals surface area contributed by atoms with E-state index in [1.54, 1.807) is 25.2 Å². The highest BCUT2D eigenvalue weighted by atomic mass is 32.1. The standard InChI is InChI=1S/C19H26N2O3S/c1-6-11(3)24-19(23)12(4)21-13(5)20-17-16(18(21)22)14-8-7-10(2)9-15(14)25-17/h10-12H,6-9H2,1-5H3. The van der Waals surface area contributed by atoms with Gasteiger partial charge in [-0.25, -0.2) is 9.78 Å². The van der Waals surface area contributed by atoms with Gasteiger partial charge in [0.2, 0.25) is 0 Å². The van der Waals surface area contributed by atoms with Gasteiger partial charge in [-0.1, -0.05) is 13.8 Å². The van der Waals surface area contributed by atoms with E-state index in [0.717, 1.165) is 36.1 Å². The lowest BCUT2D eigenvalue weighted by molar-refractivity contribution is -0.152. The number of carbonyl (C=O) groups is 1. The van der Waals surface area contributed by atoms with Gasteiger partial charge in [0.25, 0.3) is 5.56 Å². The number of fused-ring (bicyclic) bond motifs is 3. The van der Waals surface area contributed by atoms with Crippen LogP contribution in [0.4, 0.5) is 0 Å². The van der Waals surface area contributed by atoms with Crippen molar-refractivity contribution in [2.24, 2.45) is 5.92 Å². The Labute approximate surface area is 152 Å². The number of ether oxygens (including phenoxy) is 1. The lowest BCUT2D eigenvalue weighted by Gasteiger charge is -2.20. The number of hydrogen-bond acceptors (Lipinski definition) is 5. The Bertz CT molecular complexity index is 868. The topological polar surface area (TPSA) is 61.2 Å². The molecule has 0 amide bonds. The number of aromatic nitrogens is 2. The van der Waals surface area contributed by atoms with Crippen LogP contribution < -0.4 is 5.56 Å². The van der Waals surface area contributed by atoms with Crippen LogP contribution in [0.15, 0.2) is 4.79 Å². The Balaban J connectivity index is 2.07. The van der Waals surface area contributed by atoms with Crippen LogP contribution >= 0.6 is 11.3 Å². The summed E-state index contributed by atoms with van der Waals surface area (Å²) in [5, 5.41) is 0.709. The van der Waals surface area contributed by atoms with Gasteiger partial charge in [0, 0.05) is 4.88 Å². The summed E-state index contributed by atoms with van der Waals surface area (Å²) in [5.74, 6) is 0.837. The van der Waals surface area contributed by atoms with Crippen LogP contribution in [-0.2, 0) is 22.4 Å². The van der Waals surface area contributed by atoms with E-state index >= 15 is 0 Å². The minimum atomic E-state index is -0.670. The molecule has 0 radical (unpaired) electrons. The van der Waals surface area contributed by atoms with Crippen molar-refractivity contribution in [3.8, 4) is 0 Å². The first-order chi connectivity index (χ1) is 11.8. The molecule has 0 aromatic carbocycles. The molecular formula is C19H26N2O3S. The van der Waals surface area contributed by atoms with Gasteiger partial charge in [0.15, 0.2) is 0 Å². The molecule has 3 atom stereocenters. The lowest BCUT2D eigenvalue weighted by Crippen LogP contribution is -2.33. The number of rotatable bonds is 4. The van der Waals surface area contributed by atoms with E-state index in [9.17, 15) is 9.59 Å². The summed E-state index contributed by atoms with van der Waals surface area (Å²) in [6.07, 6.45) is 3.62. The summed E-state index contributed by atoms with van der Waals surface area (Å²) in [4.78, 5) is 32.3. The molecule has 25 heavy (non-hydrogen) atoms. The molecule has 136 valence electrons. The van der Waals surface area contributed by atoms with E-state index in [1.807, 2.05) is 13.8 Å². The fourth-order valence-corrected chi connectivity index (χ4v) is 4.86. The quantitative estimate of drug-likeness (QED) is 0.776. The molecule has 3 rings (SSSR count). The number of esters is 1. The second kappa shape index (κ2) is 6.90. The molecule has 0 spiro atoms. The second-order valence-electron chi connectivity index (χ2n) is 7.20. The zero-order chi connectivity index (χ0) is 18.3. The maximum Gasteiger partial charge on any atom is 0.329 e. The molecule has 5 nitrogen and oxygen atoms in total. The molecule has 0 saturated carbocycles. The zero-order valence-electron chi connectivity index (χ0n) is 15.6. The Hall–Kier alpha value is -1.69. The number of carbonyl (C=O) groups excluding carboxylic acids is 1. The van der Waals surface area contributed by atoms with Crippen LogP contribution in [0.2, 0.25) is 0 Å². The molecule has 1 aliphatic rings. The van der Waals surface area contributed by atoms with Crippen molar-refractivity contribution < 1.29 is 9.53 Å². The van der Waals surface area contributed by atoms with Gasteiger partial charge in [-0.05, 0) is 57.9 Å². The van der Waals surface area contributed by atoms with E-state index in [-0.39, 0.29) is 17.6 Å². The van der Waals surface area contributed by atoms with Gasteiger partial charge in [-0.2, -0.15) is 0 Å². The molecule has 6 heteroatoms. The van der Waals surface area contributed by atoms with Crippen molar-refractivity contribution >= 4 is 27.5 Å². The van der Waals surface area contributed by atoms with Gasteiger partial charge in [0.1, 0.15) is 16.7 Å². The molecule has 0 aliphatic heterocycles. The minimum absolute atomic E-state index is 0.108. The van der Waals surface area contributed by atoms with Crippen LogP contribution in [0.3, 0.4) is 0 Å². The van der Waals surface area contributed by atoms with Gasteiger partial charge in [-0.3, -0.25) is 9.36 Å². The van der Waals surface area contributed by atoms with E-state index in [1.165, 1.54) is 9.44 Å². The minimum Gasteiger partial charge on any atom is -0.461 e. The normalized spacial score (nSPS) is 19.5. The summed E-state index contributed by atoms with van der Waals surface area (Å²) in [6.45, 7) is 9.57. The van der Waals surface area contributed by atoms with Crippen molar-refractivity contribution in [3.05, 3.63) is 26.6 Å². The van der Waals surface area contributed by atoms with Gasteiger partial charge < -0.3 is 4.74 Å². The molecule has 0 fully saturated rings. The molecule has 0 saturated heterocycles. The molecule has 1 aliphatic carbocycles. The van der Waals surface area contributed by atoms with Crippen molar-refractivity contribution in [2.75, 3.05) is 0 Å². The molecule has 2 aromatic rings. The molecule has 3 unspecified atom stereocenters. The number of hydrogen-bond donors (Lipinski definition) is 0. The van der Waals surface area contributed by atoms with Gasteiger partial charge in [0.05, 0.1) is 11.5 Å². The monoisotopic (exact) mass is 362 g/mol. The molecule has 2 heterocycles. The van der Waals surface area contributed by atoms with Gasteiger partial charge in [-0.15, -0.1) is 11.3 Å². The average molecular weight is 362 g/mol. The summed E-state index contributed by atoms with van der Waals surface area (Å²) in [7, 11) is 0. The van der Waals surface area contributed by atoms with Crippen LogP contribution in [0.25, 0.3) is 10.2 Å². The van der Waals surface area contributed by atoms with Crippen LogP contribution in [0, 0.1) is 12.8 Å². The largest absolute Gasteiger partial charge is 0.461 e. The SMILES string of the molecule is CCC(C)OC(=O)C(C)n1c(C)nc2sc3c(c2c1=O)CCC(C)C3. The van der Waals surface area contributed by atoms with Gasteiger partial charge >= 0.3 is 5.97 Å². The Morgan fingerprint density at radius 2 is 2.16 bits per heavy atom. The summed E-state index contributed by atoms with van der Waals surface area (Å²) in [6, 6.07) is -0.670.